The van der Waals surface area contributed by atoms with Crippen molar-refractivity contribution in [3.63, 3.8) is 0 Å². The number of fused-ring (bicyclic) bond motifs is 1. The van der Waals surface area contributed by atoms with Crippen molar-refractivity contribution in [1.29, 1.82) is 0 Å². The first kappa shape index (κ1) is 21.1. The molecule has 0 N–H and O–H groups in total. The average Bonchev–Trinajstić information content (AvgIpc) is 3.22. The predicted octanol–water partition coefficient (Wildman–Crippen LogP) is 3.50. The van der Waals surface area contributed by atoms with Gasteiger partial charge in [-0.25, -0.2) is 4.98 Å². The monoisotopic (exact) mass is 432 g/mol. The summed E-state index contributed by atoms with van der Waals surface area (Å²) in [4.78, 5) is 24.9. The van der Waals surface area contributed by atoms with E-state index >= 15 is 0 Å². The van der Waals surface area contributed by atoms with Gasteiger partial charge in [0.05, 0.1) is 11.3 Å². The maximum absolute atomic E-state index is 13.1. The minimum Gasteiger partial charge on any atom is -0.339 e. The minimum atomic E-state index is -4.43. The standard InChI is InChI=1S/C21H23F3N6O/c1-3-14(2)18(31)28-9-11-29(12-10-28)20-26-19-25-8-7-17(30(19)27-20)15-5-4-6-16(13-15)21(22,23)24/h4-8,13-14H,3,9-12H2,1-2H3/t14-/m1/s1. The molecule has 3 aromatic rings. The molecule has 4 rings (SSSR count). The Morgan fingerprint density at radius 3 is 2.58 bits per heavy atom. The summed E-state index contributed by atoms with van der Waals surface area (Å²) in [6.45, 7) is 6.24. The van der Waals surface area contributed by atoms with Crippen LogP contribution in [0.1, 0.15) is 25.8 Å². The van der Waals surface area contributed by atoms with Crippen molar-refractivity contribution in [2.75, 3.05) is 31.1 Å². The molecule has 164 valence electrons. The molecular weight excluding hydrogens is 409 g/mol. The van der Waals surface area contributed by atoms with E-state index in [-0.39, 0.29) is 11.8 Å². The van der Waals surface area contributed by atoms with Gasteiger partial charge in [-0.1, -0.05) is 26.0 Å². The van der Waals surface area contributed by atoms with Crippen LogP contribution in [0.15, 0.2) is 36.5 Å². The first-order valence-electron chi connectivity index (χ1n) is 10.2. The maximum atomic E-state index is 13.1. The fraction of sp³-hybridized carbons (Fsp3) is 0.429. The molecule has 0 spiro atoms. The van der Waals surface area contributed by atoms with E-state index in [4.69, 9.17) is 0 Å². The van der Waals surface area contributed by atoms with Gasteiger partial charge in [0.25, 0.3) is 5.78 Å². The number of piperazine rings is 1. The molecule has 2 aromatic heterocycles. The molecule has 1 aliphatic rings. The van der Waals surface area contributed by atoms with Gasteiger partial charge in [-0.2, -0.15) is 22.7 Å². The smallest absolute Gasteiger partial charge is 0.339 e. The number of halogens is 3. The SMILES string of the molecule is CC[C@@H](C)C(=O)N1CCN(c2nc3nccc(-c4cccc(C(F)(F)F)c4)n3n2)CC1. The summed E-state index contributed by atoms with van der Waals surface area (Å²) < 4.78 is 40.8. The van der Waals surface area contributed by atoms with Crippen LogP contribution in [0.3, 0.4) is 0 Å². The van der Waals surface area contributed by atoms with Crippen molar-refractivity contribution in [2.24, 2.45) is 5.92 Å². The van der Waals surface area contributed by atoms with Gasteiger partial charge in [0.2, 0.25) is 11.9 Å². The van der Waals surface area contributed by atoms with Crippen LogP contribution in [0.5, 0.6) is 0 Å². The summed E-state index contributed by atoms with van der Waals surface area (Å²) >= 11 is 0. The van der Waals surface area contributed by atoms with Crippen molar-refractivity contribution >= 4 is 17.6 Å². The lowest BCUT2D eigenvalue weighted by atomic mass is 10.1. The van der Waals surface area contributed by atoms with Crippen LogP contribution in [0.25, 0.3) is 17.0 Å². The molecule has 1 aliphatic heterocycles. The van der Waals surface area contributed by atoms with E-state index in [2.05, 4.69) is 15.1 Å². The number of hydrogen-bond donors (Lipinski definition) is 0. The lowest BCUT2D eigenvalue weighted by Gasteiger charge is -2.35. The quantitative estimate of drug-likeness (QED) is 0.631. The summed E-state index contributed by atoms with van der Waals surface area (Å²) in [5.41, 5.74) is 0.125. The van der Waals surface area contributed by atoms with Crippen LogP contribution in [0.4, 0.5) is 19.1 Å². The zero-order valence-electron chi connectivity index (χ0n) is 17.3. The van der Waals surface area contributed by atoms with E-state index in [1.807, 2.05) is 23.6 Å². The van der Waals surface area contributed by atoms with Crippen molar-refractivity contribution < 1.29 is 18.0 Å². The molecule has 0 aliphatic carbocycles. The van der Waals surface area contributed by atoms with E-state index in [1.165, 1.54) is 16.8 Å². The maximum Gasteiger partial charge on any atom is 0.416 e. The van der Waals surface area contributed by atoms with Gasteiger partial charge in [0.1, 0.15) is 0 Å². The summed E-state index contributed by atoms with van der Waals surface area (Å²) in [7, 11) is 0. The number of amides is 1. The van der Waals surface area contributed by atoms with Crippen LogP contribution >= 0.6 is 0 Å². The number of benzene rings is 1. The Morgan fingerprint density at radius 2 is 1.90 bits per heavy atom. The third-order valence-corrected chi connectivity index (χ3v) is 5.62. The molecule has 10 heteroatoms. The van der Waals surface area contributed by atoms with Crippen LogP contribution in [-0.4, -0.2) is 56.6 Å². The molecule has 1 atom stereocenters. The van der Waals surface area contributed by atoms with Gasteiger partial charge in [-0.15, -0.1) is 5.10 Å². The van der Waals surface area contributed by atoms with Crippen LogP contribution in [0.2, 0.25) is 0 Å². The Hall–Kier alpha value is -3.17. The van der Waals surface area contributed by atoms with Gasteiger partial charge in [-0.3, -0.25) is 4.79 Å². The zero-order valence-corrected chi connectivity index (χ0v) is 17.3. The second-order valence-corrected chi connectivity index (χ2v) is 7.65. The Morgan fingerprint density at radius 1 is 1.16 bits per heavy atom. The first-order valence-corrected chi connectivity index (χ1v) is 10.2. The van der Waals surface area contributed by atoms with E-state index in [1.54, 1.807) is 12.1 Å². The lowest BCUT2D eigenvalue weighted by molar-refractivity contribution is -0.137. The molecule has 1 amide bonds. The van der Waals surface area contributed by atoms with Gasteiger partial charge < -0.3 is 9.80 Å². The number of rotatable bonds is 4. The number of anilines is 1. The third-order valence-electron chi connectivity index (χ3n) is 5.62. The normalized spacial score (nSPS) is 16.0. The van der Waals surface area contributed by atoms with Gasteiger partial charge in [0.15, 0.2) is 0 Å². The predicted molar refractivity (Wildman–Crippen MR) is 109 cm³/mol. The average molecular weight is 432 g/mol. The van der Waals surface area contributed by atoms with Crippen molar-refractivity contribution in [2.45, 2.75) is 26.4 Å². The minimum absolute atomic E-state index is 0.000844. The molecule has 31 heavy (non-hydrogen) atoms. The summed E-state index contributed by atoms with van der Waals surface area (Å²) in [5.74, 6) is 0.906. The Bertz CT molecular complexity index is 1090. The summed E-state index contributed by atoms with van der Waals surface area (Å²) in [6, 6.07) is 6.72. The van der Waals surface area contributed by atoms with Crippen molar-refractivity contribution in [3.8, 4) is 11.3 Å². The molecule has 0 bridgehead atoms. The topological polar surface area (TPSA) is 66.6 Å². The van der Waals surface area contributed by atoms with Crippen molar-refractivity contribution in [3.05, 3.63) is 42.1 Å². The fourth-order valence-electron chi connectivity index (χ4n) is 3.60. The molecule has 1 fully saturated rings. The molecule has 1 saturated heterocycles. The van der Waals surface area contributed by atoms with Gasteiger partial charge >= 0.3 is 6.18 Å². The first-order chi connectivity index (χ1) is 14.8. The molecular formula is C21H23F3N6O. The molecule has 0 saturated carbocycles. The summed E-state index contributed by atoms with van der Waals surface area (Å²) in [5, 5.41) is 4.51. The number of nitrogens with zero attached hydrogens (tertiary/aromatic N) is 6. The number of carbonyl (C=O) groups is 1. The Balaban J connectivity index is 1.59. The van der Waals surface area contributed by atoms with Crippen LogP contribution < -0.4 is 4.90 Å². The van der Waals surface area contributed by atoms with Crippen LogP contribution in [0, 0.1) is 5.92 Å². The third kappa shape index (κ3) is 4.19. The highest BCUT2D eigenvalue weighted by molar-refractivity contribution is 5.78. The van der Waals surface area contributed by atoms with Crippen molar-refractivity contribution in [1.82, 2.24) is 24.5 Å². The molecule has 1 aromatic carbocycles. The van der Waals surface area contributed by atoms with Crippen LogP contribution in [-0.2, 0) is 11.0 Å². The molecule has 0 radical (unpaired) electrons. The highest BCUT2D eigenvalue weighted by atomic mass is 19.4. The van der Waals surface area contributed by atoms with E-state index in [0.717, 1.165) is 18.6 Å². The van der Waals surface area contributed by atoms with E-state index in [0.29, 0.717) is 49.2 Å². The highest BCUT2D eigenvalue weighted by Crippen LogP contribution is 2.32. The van der Waals surface area contributed by atoms with Gasteiger partial charge in [-0.05, 0) is 24.6 Å². The summed E-state index contributed by atoms with van der Waals surface area (Å²) in [6.07, 6.45) is -2.12. The largest absolute Gasteiger partial charge is 0.416 e. The number of alkyl halides is 3. The van der Waals surface area contributed by atoms with E-state index in [9.17, 15) is 18.0 Å². The van der Waals surface area contributed by atoms with E-state index < -0.39 is 11.7 Å². The number of hydrogen-bond acceptors (Lipinski definition) is 5. The molecule has 0 unspecified atom stereocenters. The Kier molecular flexibility index (Phi) is 5.55. The van der Waals surface area contributed by atoms with Gasteiger partial charge in [0, 0.05) is 43.9 Å². The molecule has 3 heterocycles. The lowest BCUT2D eigenvalue weighted by Crippen LogP contribution is -2.50. The number of aromatic nitrogens is 4. The fourth-order valence-corrected chi connectivity index (χ4v) is 3.60. The highest BCUT2D eigenvalue weighted by Gasteiger charge is 2.31. The second kappa shape index (κ2) is 8.16. The zero-order chi connectivity index (χ0) is 22.2. The molecule has 7 nitrogen and oxygen atoms in total. The second-order valence-electron chi connectivity index (χ2n) is 7.65. The Labute approximate surface area is 177 Å². The number of carbonyl (C=O) groups excluding carboxylic acids is 1.